The number of thioether (sulfide) groups is 2. The van der Waals surface area contributed by atoms with Crippen LogP contribution in [0.4, 0.5) is 56.0 Å². The zero-order chi connectivity index (χ0) is 95.4. The Morgan fingerprint density at radius 3 is 1.79 bits per heavy atom. The van der Waals surface area contributed by atoms with Crippen LogP contribution in [-0.2, 0) is 65.2 Å². The summed E-state index contributed by atoms with van der Waals surface area (Å²) in [5.74, 6) is -6.05. The molecule has 0 aliphatic carbocycles. The number of halogens is 4. The molecule has 6 heterocycles. The third-order valence-electron chi connectivity index (χ3n) is 23.0. The zero-order valence-corrected chi connectivity index (χ0v) is 76.5. The van der Waals surface area contributed by atoms with Gasteiger partial charge in [-0.05, 0) is 170 Å². The molecule has 0 radical (unpaired) electrons. The number of H-pyrrole nitrogens is 1. The van der Waals surface area contributed by atoms with Crippen molar-refractivity contribution in [3.63, 3.8) is 0 Å². The van der Waals surface area contributed by atoms with Gasteiger partial charge in [-0.3, -0.25) is 48.5 Å². The Hall–Kier alpha value is -12.9. The van der Waals surface area contributed by atoms with E-state index in [4.69, 9.17) is 55.2 Å². The quantitative estimate of drug-likeness (QED) is 0.0107. The molecule has 9 aromatic rings. The molecule has 8 N–H and O–H groups in total. The second-order valence-electron chi connectivity index (χ2n) is 32.7. The largest absolute Gasteiger partial charge is 0.491 e. The van der Waals surface area contributed by atoms with Gasteiger partial charge >= 0.3 is 24.4 Å². The number of hydrogen-bond acceptors (Lipinski definition) is 23. The molecule has 0 unspecified atom stereocenters. The molecular formula is C96H101ClF3N13O20S2. The van der Waals surface area contributed by atoms with Crippen molar-refractivity contribution in [3.05, 3.63) is 219 Å². The summed E-state index contributed by atoms with van der Waals surface area (Å²) in [4.78, 5) is 176. The fourth-order valence-electron chi connectivity index (χ4n) is 15.9. The highest BCUT2D eigenvalue weighted by atomic mass is 35.5. The molecule has 8 aromatic carbocycles. The number of ether oxygens (including phenoxy) is 8. The molecule has 33 nitrogen and oxygen atoms in total. The number of primary amides is 1. The van der Waals surface area contributed by atoms with Gasteiger partial charge in [-0.25, -0.2) is 19.3 Å². The van der Waals surface area contributed by atoms with Gasteiger partial charge in [-0.2, -0.15) is 13.2 Å². The molecule has 3 fully saturated rings. The van der Waals surface area contributed by atoms with E-state index in [0.29, 0.717) is 155 Å². The molecule has 3 saturated heterocycles. The lowest BCUT2D eigenvalue weighted by molar-refractivity contribution is -0.137. The molecule has 14 rings (SSSR count). The topological polar surface area (TPSA) is 400 Å². The zero-order valence-electron chi connectivity index (χ0n) is 74.1. The second kappa shape index (κ2) is 45.9. The summed E-state index contributed by atoms with van der Waals surface area (Å²) >= 11 is 8.30. The minimum atomic E-state index is -5.09. The fraction of sp³-hybridized carbons (Fsp3) is 0.354. The van der Waals surface area contributed by atoms with Gasteiger partial charge in [0, 0.05) is 155 Å². The van der Waals surface area contributed by atoms with Gasteiger partial charge in [0.2, 0.25) is 11.8 Å². The average Bonchev–Trinajstić information content (AvgIpc) is 1.59. The van der Waals surface area contributed by atoms with E-state index in [1.807, 2.05) is 31.3 Å². The Bertz CT molecular complexity index is 5800. The van der Waals surface area contributed by atoms with Crippen molar-refractivity contribution in [2.75, 3.05) is 177 Å². The first-order valence-corrected chi connectivity index (χ1v) is 46.1. The standard InChI is InChI=1S/C96H101ClF3N13O20S2/c1-58(2)83(107-81(115)57-130-46-45-128-43-44-129-47-48-131-69-23-29-77(74(52-69)96(98,99)100)113-91(121)84(134-70-24-14-61(15-25-70)88(118)109-35-39-126-40-36-109)85(92(113)122)135-71-26-16-62(17-27-71)89(119)110-37-41-127-42-38-110)79(114)51-63(7-6-30-102-93(101)123)87(117)103-66-18-10-59(11-19-66)56-132-94(124)105-67-20-12-60(13-21-67)86(116)104-68-22-28-75-64(49-68)50-76(106-75)90(120)112-55-65(54-97)82-73-9-5-4-8-72(73)80(53-78(82)112)133-95(125)111-33-31-108(3)32-34-111/h4-5,8-29,49-50,52-53,58,63,65,83,106H,6-7,30-48,51,54-57H2,1-3H3,(H,103,117)(H,104,116)(H,105,124)(H,107,115)(H3,101,102,123)/t63-,65-,83+/m1/s1. The van der Waals surface area contributed by atoms with Gasteiger partial charge in [-0.15, -0.1) is 11.6 Å². The number of nitrogens with two attached hydrogens (primary N) is 1. The van der Waals surface area contributed by atoms with Crippen molar-refractivity contribution in [2.45, 2.75) is 67.6 Å². The van der Waals surface area contributed by atoms with Crippen LogP contribution >= 0.6 is 35.1 Å². The first kappa shape index (κ1) is 98.1. The number of nitrogens with one attached hydrogen (secondary N) is 6. The number of Topliss-reactive ketones (excluding diaryl/α,β-unsaturated/α-hetero) is 1. The summed E-state index contributed by atoms with van der Waals surface area (Å²) in [6.45, 7) is 8.64. The lowest BCUT2D eigenvalue weighted by atomic mass is 9.89. The number of carbonyl (C=O) groups excluding carboxylic acids is 12. The lowest BCUT2D eigenvalue weighted by Gasteiger charge is -2.31. The number of alkyl halides is 4. The van der Waals surface area contributed by atoms with E-state index in [-0.39, 0.29) is 123 Å². The number of aromatic nitrogens is 1. The Kier molecular flexibility index (Phi) is 33.3. The van der Waals surface area contributed by atoms with Gasteiger partial charge in [0.1, 0.15) is 37.0 Å². The van der Waals surface area contributed by atoms with Gasteiger partial charge in [0.15, 0.2) is 5.78 Å². The maximum atomic E-state index is 15.1. The predicted octanol–water partition coefficient (Wildman–Crippen LogP) is 12.9. The van der Waals surface area contributed by atoms with Crippen molar-refractivity contribution < 1.29 is 109 Å². The van der Waals surface area contributed by atoms with E-state index in [1.165, 1.54) is 30.3 Å². The highest BCUT2D eigenvalue weighted by molar-refractivity contribution is 8.08. The molecule has 135 heavy (non-hydrogen) atoms. The Balaban J connectivity index is 0.495. The van der Waals surface area contributed by atoms with Crippen molar-refractivity contribution in [1.82, 2.24) is 35.2 Å². The third-order valence-corrected chi connectivity index (χ3v) is 25.7. The van der Waals surface area contributed by atoms with E-state index < -0.39 is 95.4 Å². The second-order valence-corrected chi connectivity index (χ2v) is 35.2. The van der Waals surface area contributed by atoms with Crippen LogP contribution in [0.15, 0.2) is 189 Å². The molecule has 5 aliphatic heterocycles. The van der Waals surface area contributed by atoms with Crippen LogP contribution < -0.4 is 51.6 Å². The molecule has 0 spiro atoms. The van der Waals surface area contributed by atoms with Crippen LogP contribution in [0, 0.1) is 11.8 Å². The first-order valence-electron chi connectivity index (χ1n) is 43.9. The summed E-state index contributed by atoms with van der Waals surface area (Å²) in [6.07, 6.45) is -6.23. The van der Waals surface area contributed by atoms with Crippen LogP contribution in [0.3, 0.4) is 0 Å². The van der Waals surface area contributed by atoms with Gasteiger partial charge < -0.3 is 94.4 Å². The van der Waals surface area contributed by atoms with Crippen molar-refractivity contribution in [2.24, 2.45) is 17.6 Å². The number of carbonyl (C=O) groups is 12. The monoisotopic (exact) mass is 1910 g/mol. The maximum Gasteiger partial charge on any atom is 0.418 e. The van der Waals surface area contributed by atoms with E-state index in [2.05, 4.69) is 36.5 Å². The predicted molar refractivity (Wildman–Crippen MR) is 499 cm³/mol. The lowest BCUT2D eigenvalue weighted by Crippen LogP contribution is -2.48. The number of amides is 12. The summed E-state index contributed by atoms with van der Waals surface area (Å²) in [5, 5.41) is 15.8. The number of ketones is 1. The minimum Gasteiger partial charge on any atom is -0.491 e. The number of likely N-dealkylation sites (N-methyl/N-ethyl adjacent to an activating group) is 1. The number of piperazine rings is 1. The van der Waals surface area contributed by atoms with Crippen molar-refractivity contribution in [3.8, 4) is 11.5 Å². The van der Waals surface area contributed by atoms with E-state index in [9.17, 15) is 57.5 Å². The normalized spacial score (nSPS) is 15.8. The van der Waals surface area contributed by atoms with Crippen LogP contribution in [0.25, 0.3) is 21.7 Å². The number of hydrogen-bond donors (Lipinski definition) is 7. The van der Waals surface area contributed by atoms with Gasteiger partial charge in [0.25, 0.3) is 35.4 Å². The van der Waals surface area contributed by atoms with E-state index >= 15 is 13.2 Å². The Labute approximate surface area is 788 Å². The highest BCUT2D eigenvalue weighted by Crippen LogP contribution is 2.49. The number of benzene rings is 8. The van der Waals surface area contributed by atoms with Gasteiger partial charge in [0.05, 0.1) is 92.3 Å². The number of urea groups is 1. The molecule has 5 aliphatic rings. The molecule has 0 bridgehead atoms. The van der Waals surface area contributed by atoms with Crippen molar-refractivity contribution >= 4 is 156 Å². The van der Waals surface area contributed by atoms with Crippen LogP contribution in [0.5, 0.6) is 11.5 Å². The number of anilines is 5. The third kappa shape index (κ3) is 25.4. The summed E-state index contributed by atoms with van der Waals surface area (Å²) in [6, 6.07) is 42.5. The van der Waals surface area contributed by atoms with Crippen LogP contribution in [-0.4, -0.2) is 253 Å². The average molecular weight is 1910 g/mol. The molecule has 39 heteroatoms. The number of fused-ring (bicyclic) bond motifs is 4. The van der Waals surface area contributed by atoms with E-state index in [0.717, 1.165) is 59.0 Å². The molecule has 3 atom stereocenters. The van der Waals surface area contributed by atoms with Crippen LogP contribution in [0.2, 0.25) is 0 Å². The fourth-order valence-corrected chi connectivity index (χ4v) is 18.1. The summed E-state index contributed by atoms with van der Waals surface area (Å²) < 4.78 is 90.0. The number of nitrogens with zero attached hydrogens (tertiary/aromatic N) is 6. The number of morpholine rings is 2. The number of rotatable bonds is 38. The van der Waals surface area contributed by atoms with Crippen molar-refractivity contribution in [1.29, 1.82) is 0 Å². The smallest absolute Gasteiger partial charge is 0.418 e. The van der Waals surface area contributed by atoms with Crippen LogP contribution in [0.1, 0.15) is 97.3 Å². The highest BCUT2D eigenvalue weighted by Gasteiger charge is 2.46. The molecule has 1 aromatic heterocycles. The van der Waals surface area contributed by atoms with E-state index in [1.54, 1.807) is 137 Å². The first-order chi connectivity index (χ1) is 65.1. The Morgan fingerprint density at radius 2 is 1.19 bits per heavy atom. The maximum absolute atomic E-state index is 15.1. The van der Waals surface area contributed by atoms with Gasteiger partial charge in [-0.1, -0.05) is 73.8 Å². The molecular weight excluding hydrogens is 1810 g/mol. The minimum absolute atomic E-state index is 0.0161. The summed E-state index contributed by atoms with van der Waals surface area (Å²) in [7, 11) is 2.00. The molecule has 0 saturated carbocycles. The molecule has 12 amide bonds. The molecule has 710 valence electrons. The summed E-state index contributed by atoms with van der Waals surface area (Å²) in [5.41, 5.74) is 8.35. The number of aromatic amines is 1. The number of imide groups is 1. The SMILES string of the molecule is CC(C)[C@H](NC(=O)COCCOCCOCCOc1ccc(N2C(=O)C(Sc3ccc(C(=O)N4CCOCC4)cc3)=C(Sc3ccc(C(=O)N4CCOCC4)cc3)C2=O)c(C(F)(F)F)c1)C(=O)C[C@@H](CCCNC(N)=O)C(=O)Nc1ccc(COC(=O)Nc2ccc(C(=O)Nc3ccc4[nH]c(C(=O)N5C[C@@H](CCl)c6c5cc(OC(=O)N5CCN(C)CC5)c5ccccc65)cc4c3)cc2)cc1. The Morgan fingerprint density at radius 1 is 0.607 bits per heavy atom.